The summed E-state index contributed by atoms with van der Waals surface area (Å²) in [5.74, 6) is -0.585. The van der Waals surface area contributed by atoms with Crippen molar-refractivity contribution < 1.29 is 14.3 Å². The van der Waals surface area contributed by atoms with Crippen molar-refractivity contribution in [2.45, 2.75) is 0 Å². The SMILES string of the molecule is O=C(O)N(c1cncs1)c1ccccc1F. The molecule has 2 rings (SSSR count). The van der Waals surface area contributed by atoms with Crippen molar-refractivity contribution >= 4 is 28.1 Å². The first-order valence-corrected chi connectivity index (χ1v) is 5.24. The molecule has 1 heterocycles. The quantitative estimate of drug-likeness (QED) is 0.874. The molecule has 0 aliphatic heterocycles. The Bertz CT molecular complexity index is 501. The van der Waals surface area contributed by atoms with Crippen LogP contribution in [0.15, 0.2) is 36.0 Å². The van der Waals surface area contributed by atoms with Gasteiger partial charge in [-0.3, -0.25) is 4.98 Å². The van der Waals surface area contributed by atoms with Crippen molar-refractivity contribution in [2.75, 3.05) is 4.90 Å². The van der Waals surface area contributed by atoms with E-state index in [-0.39, 0.29) is 5.69 Å². The number of nitrogens with zero attached hydrogens (tertiary/aromatic N) is 2. The maximum Gasteiger partial charge on any atom is 0.417 e. The van der Waals surface area contributed by atoms with Crippen molar-refractivity contribution in [3.63, 3.8) is 0 Å². The third-order valence-corrected chi connectivity index (χ3v) is 2.68. The van der Waals surface area contributed by atoms with Crippen molar-refractivity contribution in [3.8, 4) is 0 Å². The van der Waals surface area contributed by atoms with Gasteiger partial charge in [0.2, 0.25) is 0 Å². The number of para-hydroxylation sites is 1. The molecule has 82 valence electrons. The molecule has 16 heavy (non-hydrogen) atoms. The maximum atomic E-state index is 13.5. The number of halogens is 1. The predicted octanol–water partition coefficient (Wildman–Crippen LogP) is 3.10. The van der Waals surface area contributed by atoms with E-state index in [9.17, 15) is 9.18 Å². The molecule has 0 saturated carbocycles. The van der Waals surface area contributed by atoms with Crippen molar-refractivity contribution in [1.29, 1.82) is 0 Å². The standard InChI is InChI=1S/C10H7FN2O2S/c11-7-3-1-2-4-8(7)13(10(14)15)9-5-12-6-16-9/h1-6H,(H,14,15). The highest BCUT2D eigenvalue weighted by Crippen LogP contribution is 2.30. The Balaban J connectivity index is 2.50. The Morgan fingerprint density at radius 1 is 1.44 bits per heavy atom. The lowest BCUT2D eigenvalue weighted by Gasteiger charge is -2.16. The van der Waals surface area contributed by atoms with Crippen LogP contribution in [0, 0.1) is 5.82 Å². The third-order valence-electron chi connectivity index (χ3n) is 1.92. The lowest BCUT2D eigenvalue weighted by Crippen LogP contribution is -2.23. The van der Waals surface area contributed by atoms with Crippen LogP contribution in [0.25, 0.3) is 0 Å². The second-order valence-electron chi connectivity index (χ2n) is 2.91. The monoisotopic (exact) mass is 238 g/mol. The Labute approximate surface area is 94.6 Å². The van der Waals surface area contributed by atoms with E-state index in [1.54, 1.807) is 6.07 Å². The molecule has 0 aliphatic carbocycles. The topological polar surface area (TPSA) is 53.4 Å². The number of benzene rings is 1. The zero-order chi connectivity index (χ0) is 11.5. The summed E-state index contributed by atoms with van der Waals surface area (Å²) in [5, 5.41) is 9.42. The van der Waals surface area contributed by atoms with Crippen LogP contribution in [0.1, 0.15) is 0 Å². The normalized spacial score (nSPS) is 10.1. The largest absolute Gasteiger partial charge is 0.464 e. The summed E-state index contributed by atoms with van der Waals surface area (Å²) in [6.45, 7) is 0. The molecule has 0 unspecified atom stereocenters. The van der Waals surface area contributed by atoms with Crippen LogP contribution < -0.4 is 4.90 Å². The smallest absolute Gasteiger partial charge is 0.417 e. The van der Waals surface area contributed by atoms with Crippen LogP contribution in [0.5, 0.6) is 0 Å². The van der Waals surface area contributed by atoms with Gasteiger partial charge in [0.25, 0.3) is 0 Å². The molecule has 0 atom stereocenters. The molecule has 1 amide bonds. The molecular weight excluding hydrogens is 231 g/mol. The molecule has 0 spiro atoms. The number of carboxylic acid groups (broad SMARTS) is 1. The molecule has 0 radical (unpaired) electrons. The van der Waals surface area contributed by atoms with Crippen LogP contribution >= 0.6 is 11.3 Å². The molecule has 1 N–H and O–H groups in total. The first-order chi connectivity index (χ1) is 7.70. The van der Waals surface area contributed by atoms with E-state index in [0.717, 1.165) is 16.2 Å². The van der Waals surface area contributed by atoms with Gasteiger partial charge in [0.1, 0.15) is 10.8 Å². The number of rotatable bonds is 2. The fraction of sp³-hybridized carbons (Fsp3) is 0. The number of carbonyl (C=O) groups is 1. The Morgan fingerprint density at radius 2 is 2.19 bits per heavy atom. The molecular formula is C10H7FN2O2S. The Hall–Kier alpha value is -1.95. The van der Waals surface area contributed by atoms with Crippen LogP contribution in [-0.2, 0) is 0 Å². The summed E-state index contributed by atoms with van der Waals surface area (Å²) < 4.78 is 13.5. The number of hydrogen-bond acceptors (Lipinski definition) is 3. The molecule has 0 fully saturated rings. The average Bonchev–Trinajstić information content (AvgIpc) is 2.74. The molecule has 4 nitrogen and oxygen atoms in total. The van der Waals surface area contributed by atoms with Gasteiger partial charge in [0.15, 0.2) is 0 Å². The molecule has 1 aromatic heterocycles. The summed E-state index contributed by atoms with van der Waals surface area (Å²) in [7, 11) is 0. The van der Waals surface area contributed by atoms with Gasteiger partial charge >= 0.3 is 6.09 Å². The summed E-state index contributed by atoms with van der Waals surface area (Å²) in [6, 6.07) is 5.70. The van der Waals surface area contributed by atoms with Crippen molar-refractivity contribution in [3.05, 3.63) is 41.8 Å². The van der Waals surface area contributed by atoms with E-state index >= 15 is 0 Å². The summed E-state index contributed by atoms with van der Waals surface area (Å²) >= 11 is 1.13. The molecule has 6 heteroatoms. The zero-order valence-electron chi connectivity index (χ0n) is 8.00. The maximum absolute atomic E-state index is 13.5. The summed E-state index contributed by atoms with van der Waals surface area (Å²) in [4.78, 5) is 15.7. The lowest BCUT2D eigenvalue weighted by atomic mass is 10.3. The van der Waals surface area contributed by atoms with Crippen LogP contribution in [0.4, 0.5) is 19.9 Å². The summed E-state index contributed by atoms with van der Waals surface area (Å²) in [5.41, 5.74) is 1.49. The highest BCUT2D eigenvalue weighted by molar-refractivity contribution is 7.14. The first kappa shape index (κ1) is 10.6. The zero-order valence-corrected chi connectivity index (χ0v) is 8.82. The fourth-order valence-corrected chi connectivity index (χ4v) is 1.90. The minimum absolute atomic E-state index is 0.000694. The van der Waals surface area contributed by atoms with Crippen molar-refractivity contribution in [2.24, 2.45) is 0 Å². The Morgan fingerprint density at radius 3 is 2.75 bits per heavy atom. The second kappa shape index (κ2) is 4.28. The highest BCUT2D eigenvalue weighted by atomic mass is 32.1. The lowest BCUT2D eigenvalue weighted by molar-refractivity contribution is 0.204. The highest BCUT2D eigenvalue weighted by Gasteiger charge is 2.20. The van der Waals surface area contributed by atoms with Gasteiger partial charge in [-0.25, -0.2) is 14.1 Å². The molecule has 0 saturated heterocycles. The number of amides is 1. The van der Waals surface area contributed by atoms with E-state index in [1.165, 1.54) is 29.9 Å². The first-order valence-electron chi connectivity index (χ1n) is 4.36. The van der Waals surface area contributed by atoms with Crippen LogP contribution in [0.3, 0.4) is 0 Å². The predicted molar refractivity (Wildman–Crippen MR) is 58.7 cm³/mol. The molecule has 2 aromatic rings. The van der Waals surface area contributed by atoms with Gasteiger partial charge in [0.05, 0.1) is 17.4 Å². The molecule has 1 aromatic carbocycles. The van der Waals surface area contributed by atoms with Gasteiger partial charge in [-0.1, -0.05) is 12.1 Å². The summed E-state index contributed by atoms with van der Waals surface area (Å²) in [6.07, 6.45) is 0.139. The van der Waals surface area contributed by atoms with E-state index < -0.39 is 11.9 Å². The number of anilines is 2. The minimum Gasteiger partial charge on any atom is -0.464 e. The average molecular weight is 238 g/mol. The number of aromatic nitrogens is 1. The van der Waals surface area contributed by atoms with Gasteiger partial charge in [0, 0.05) is 0 Å². The van der Waals surface area contributed by atoms with E-state index in [0.29, 0.717) is 5.00 Å². The van der Waals surface area contributed by atoms with E-state index in [2.05, 4.69) is 4.98 Å². The van der Waals surface area contributed by atoms with Gasteiger partial charge in [-0.05, 0) is 12.1 Å². The van der Waals surface area contributed by atoms with Crippen LogP contribution in [0.2, 0.25) is 0 Å². The number of thiazole rings is 1. The number of hydrogen-bond donors (Lipinski definition) is 1. The van der Waals surface area contributed by atoms with E-state index in [1.807, 2.05) is 0 Å². The van der Waals surface area contributed by atoms with Gasteiger partial charge in [-0.2, -0.15) is 0 Å². The molecule has 0 aliphatic rings. The minimum atomic E-state index is -1.24. The third kappa shape index (κ3) is 1.87. The van der Waals surface area contributed by atoms with E-state index in [4.69, 9.17) is 5.11 Å². The van der Waals surface area contributed by atoms with Crippen molar-refractivity contribution in [1.82, 2.24) is 4.98 Å². The fourth-order valence-electron chi connectivity index (χ4n) is 1.27. The van der Waals surface area contributed by atoms with Gasteiger partial charge in [-0.15, -0.1) is 11.3 Å². The second-order valence-corrected chi connectivity index (χ2v) is 3.77. The molecule has 0 bridgehead atoms. The Kier molecular flexibility index (Phi) is 2.82. The van der Waals surface area contributed by atoms with Gasteiger partial charge < -0.3 is 5.11 Å². The van der Waals surface area contributed by atoms with Crippen LogP contribution in [-0.4, -0.2) is 16.2 Å².